The summed E-state index contributed by atoms with van der Waals surface area (Å²) in [5.74, 6) is -0.206. The number of hydrogen-bond donors (Lipinski definition) is 1. The Kier molecular flexibility index (Phi) is 5.62. The fraction of sp³-hybridized carbons (Fsp3) is 0.238. The Morgan fingerprint density at radius 1 is 1.23 bits per heavy atom. The third-order valence-electron chi connectivity index (χ3n) is 4.86. The zero-order chi connectivity index (χ0) is 21.1. The normalized spacial score (nSPS) is 18.5. The lowest BCUT2D eigenvalue weighted by molar-refractivity contribution is 0.242. The van der Waals surface area contributed by atoms with Gasteiger partial charge in [0.2, 0.25) is 0 Å². The lowest BCUT2D eigenvalue weighted by atomic mass is 9.90. The van der Waals surface area contributed by atoms with Crippen LogP contribution in [-0.2, 0) is 6.54 Å². The molecule has 0 bridgehead atoms. The molecule has 2 amide bonds. The van der Waals surface area contributed by atoms with Gasteiger partial charge in [-0.2, -0.15) is 0 Å². The SMILES string of the molecule is C=NCc1ccc(-c2csc(C3C(C)=NC(=O)NC3c3cnc(OC)nc3)n2)cc1. The standard InChI is InChI=1S/C21H20N6O2S/c1-12-17(18(27-20(28)25-12)15-9-23-21(29-3)24-10-15)19-26-16(11-30-19)14-6-4-13(5-7-14)8-22-2/h4-7,9-11,17-18H,2,8H2,1,3H3,(H,27,28). The Balaban J connectivity index is 1.66. The zero-order valence-electron chi connectivity index (χ0n) is 16.6. The number of benzene rings is 1. The molecule has 152 valence electrons. The van der Waals surface area contributed by atoms with Crippen molar-refractivity contribution in [3.63, 3.8) is 0 Å². The first kappa shape index (κ1) is 19.8. The van der Waals surface area contributed by atoms with Gasteiger partial charge in [-0.1, -0.05) is 24.3 Å². The summed E-state index contributed by atoms with van der Waals surface area (Å²) in [7, 11) is 1.51. The number of amides is 2. The maximum atomic E-state index is 12.1. The molecule has 8 nitrogen and oxygen atoms in total. The fourth-order valence-corrected chi connectivity index (χ4v) is 4.41. The van der Waals surface area contributed by atoms with Gasteiger partial charge in [0.15, 0.2) is 0 Å². The van der Waals surface area contributed by atoms with Gasteiger partial charge in [0.05, 0.1) is 31.3 Å². The molecule has 0 aliphatic carbocycles. The molecule has 0 radical (unpaired) electrons. The predicted molar refractivity (Wildman–Crippen MR) is 117 cm³/mol. The van der Waals surface area contributed by atoms with Crippen LogP contribution in [0.4, 0.5) is 4.79 Å². The zero-order valence-corrected chi connectivity index (χ0v) is 17.4. The van der Waals surface area contributed by atoms with Crippen LogP contribution in [0.15, 0.2) is 52.0 Å². The summed E-state index contributed by atoms with van der Waals surface area (Å²) in [4.78, 5) is 33.3. The van der Waals surface area contributed by atoms with Gasteiger partial charge in [-0.05, 0) is 19.2 Å². The number of nitrogens with one attached hydrogen (secondary N) is 1. The van der Waals surface area contributed by atoms with Crippen molar-refractivity contribution >= 4 is 29.8 Å². The summed E-state index contributed by atoms with van der Waals surface area (Å²) in [5.41, 5.74) is 4.46. The highest BCUT2D eigenvalue weighted by molar-refractivity contribution is 7.10. The van der Waals surface area contributed by atoms with Crippen molar-refractivity contribution < 1.29 is 9.53 Å². The van der Waals surface area contributed by atoms with Crippen molar-refractivity contribution in [3.8, 4) is 17.3 Å². The average Bonchev–Trinajstić information content (AvgIpc) is 3.23. The maximum absolute atomic E-state index is 12.1. The van der Waals surface area contributed by atoms with Crippen LogP contribution in [0.5, 0.6) is 6.01 Å². The third-order valence-corrected chi connectivity index (χ3v) is 5.79. The molecule has 0 saturated carbocycles. The number of thiazole rings is 1. The molecule has 3 heterocycles. The van der Waals surface area contributed by atoms with Crippen LogP contribution in [0, 0.1) is 0 Å². The molecule has 9 heteroatoms. The van der Waals surface area contributed by atoms with Gasteiger partial charge >= 0.3 is 12.0 Å². The first-order chi connectivity index (χ1) is 14.6. The summed E-state index contributed by atoms with van der Waals surface area (Å²) in [6.45, 7) is 5.96. The Bertz CT molecular complexity index is 1090. The predicted octanol–water partition coefficient (Wildman–Crippen LogP) is 3.82. The number of carbonyl (C=O) groups excluding carboxylic acids is 1. The number of aromatic nitrogens is 3. The fourth-order valence-electron chi connectivity index (χ4n) is 3.38. The Labute approximate surface area is 177 Å². The minimum atomic E-state index is -0.382. The molecule has 0 spiro atoms. The molecule has 30 heavy (non-hydrogen) atoms. The number of rotatable bonds is 6. The van der Waals surface area contributed by atoms with Gasteiger partial charge in [0.1, 0.15) is 5.01 Å². The van der Waals surface area contributed by atoms with E-state index in [9.17, 15) is 4.79 Å². The monoisotopic (exact) mass is 420 g/mol. The molecule has 1 aliphatic heterocycles. The van der Waals surface area contributed by atoms with Crippen LogP contribution in [0.3, 0.4) is 0 Å². The van der Waals surface area contributed by atoms with Crippen molar-refractivity contribution in [2.24, 2.45) is 9.98 Å². The van der Waals surface area contributed by atoms with Gasteiger partial charge in [-0.3, -0.25) is 4.99 Å². The van der Waals surface area contributed by atoms with E-state index in [-0.39, 0.29) is 24.0 Å². The highest BCUT2D eigenvalue weighted by atomic mass is 32.1. The first-order valence-electron chi connectivity index (χ1n) is 9.28. The summed E-state index contributed by atoms with van der Waals surface area (Å²) in [6.07, 6.45) is 3.31. The van der Waals surface area contributed by atoms with E-state index in [2.05, 4.69) is 32.0 Å². The summed E-state index contributed by atoms with van der Waals surface area (Å²) in [6, 6.07) is 7.63. The molecule has 3 aromatic rings. The largest absolute Gasteiger partial charge is 0.467 e. The van der Waals surface area contributed by atoms with Crippen molar-refractivity contribution in [1.82, 2.24) is 20.3 Å². The first-order valence-corrected chi connectivity index (χ1v) is 10.2. The van der Waals surface area contributed by atoms with Gasteiger partial charge in [-0.15, -0.1) is 11.3 Å². The Morgan fingerprint density at radius 2 is 1.97 bits per heavy atom. The highest BCUT2D eigenvalue weighted by Crippen LogP contribution is 2.37. The van der Waals surface area contributed by atoms with Crippen LogP contribution in [0.2, 0.25) is 0 Å². The minimum Gasteiger partial charge on any atom is -0.467 e. The average molecular weight is 420 g/mol. The smallest absolute Gasteiger partial charge is 0.341 e. The van der Waals surface area contributed by atoms with E-state index in [1.165, 1.54) is 18.4 Å². The molecule has 0 fully saturated rings. The second-order valence-corrected chi connectivity index (χ2v) is 7.70. The van der Waals surface area contributed by atoms with Gasteiger partial charge in [0, 0.05) is 34.6 Å². The molecule has 2 aromatic heterocycles. The van der Waals surface area contributed by atoms with Crippen molar-refractivity contribution in [2.75, 3.05) is 7.11 Å². The highest BCUT2D eigenvalue weighted by Gasteiger charge is 2.35. The maximum Gasteiger partial charge on any atom is 0.341 e. The van der Waals surface area contributed by atoms with E-state index in [0.29, 0.717) is 12.3 Å². The summed E-state index contributed by atoms with van der Waals surface area (Å²) in [5, 5.41) is 5.80. The van der Waals surface area contributed by atoms with Gasteiger partial charge < -0.3 is 10.1 Å². The number of aliphatic imine (C=N–C) groups is 2. The minimum absolute atomic E-state index is 0.206. The van der Waals surface area contributed by atoms with Crippen molar-refractivity contribution in [3.05, 3.63) is 58.2 Å². The molecular formula is C21H20N6O2S. The molecule has 4 rings (SSSR count). The number of urea groups is 1. The number of methoxy groups -OCH3 is 1. The molecule has 1 aromatic carbocycles. The molecular weight excluding hydrogens is 400 g/mol. The number of ether oxygens (including phenoxy) is 1. The van der Waals surface area contributed by atoms with Crippen LogP contribution >= 0.6 is 11.3 Å². The summed E-state index contributed by atoms with van der Waals surface area (Å²) < 4.78 is 5.03. The molecule has 2 unspecified atom stereocenters. The quantitative estimate of drug-likeness (QED) is 0.611. The van der Waals surface area contributed by atoms with E-state index >= 15 is 0 Å². The second kappa shape index (κ2) is 8.50. The number of hydrogen-bond acceptors (Lipinski definition) is 7. The van der Waals surface area contributed by atoms with Crippen LogP contribution < -0.4 is 10.1 Å². The van der Waals surface area contributed by atoms with Gasteiger partial charge in [0.25, 0.3) is 0 Å². The number of carbonyl (C=O) groups is 1. The Hall–Kier alpha value is -3.46. The third kappa shape index (κ3) is 3.97. The van der Waals surface area contributed by atoms with Crippen LogP contribution in [0.25, 0.3) is 11.3 Å². The van der Waals surface area contributed by atoms with E-state index in [4.69, 9.17) is 9.72 Å². The molecule has 2 atom stereocenters. The van der Waals surface area contributed by atoms with E-state index < -0.39 is 0 Å². The number of nitrogens with zero attached hydrogens (tertiary/aromatic N) is 5. The lowest BCUT2D eigenvalue weighted by Gasteiger charge is -2.29. The van der Waals surface area contributed by atoms with E-state index in [0.717, 1.165) is 27.4 Å². The molecule has 1 aliphatic rings. The molecule has 1 N–H and O–H groups in total. The van der Waals surface area contributed by atoms with Gasteiger partial charge in [-0.25, -0.2) is 24.7 Å². The topological polar surface area (TPSA) is 102 Å². The van der Waals surface area contributed by atoms with E-state index in [1.807, 2.05) is 36.6 Å². The Morgan fingerprint density at radius 3 is 2.63 bits per heavy atom. The second-order valence-electron chi connectivity index (χ2n) is 6.81. The van der Waals surface area contributed by atoms with Crippen LogP contribution in [0.1, 0.15) is 35.0 Å². The molecule has 0 saturated heterocycles. The van der Waals surface area contributed by atoms with E-state index in [1.54, 1.807) is 12.4 Å². The van der Waals surface area contributed by atoms with Crippen molar-refractivity contribution in [1.29, 1.82) is 0 Å². The summed E-state index contributed by atoms with van der Waals surface area (Å²) >= 11 is 1.54. The van der Waals surface area contributed by atoms with Crippen LogP contribution in [-0.4, -0.2) is 40.5 Å². The van der Waals surface area contributed by atoms with Crippen molar-refractivity contribution in [2.45, 2.75) is 25.4 Å². The lowest BCUT2D eigenvalue weighted by Crippen LogP contribution is -2.38.